The van der Waals surface area contributed by atoms with Gasteiger partial charge in [0.15, 0.2) is 0 Å². The van der Waals surface area contributed by atoms with E-state index >= 15 is 0 Å². The normalized spacial score (nSPS) is 11.2. The van der Waals surface area contributed by atoms with Crippen LogP contribution in [0.25, 0.3) is 21.8 Å². The standard InChI is InChI=1S/C23H20N4O2/c1-16(28)25-18-12-10-17(11-13-18)14-24-26-23(29)15-27-21-8-4-2-6-19(21)20-7-3-5-9-22(20)27/h2-14H,15H2,1H3,(H,25,28)(H,26,29)/b24-14-. The van der Waals surface area contributed by atoms with E-state index in [9.17, 15) is 9.59 Å². The molecule has 0 aliphatic heterocycles. The third-order valence-corrected chi connectivity index (χ3v) is 4.62. The Balaban J connectivity index is 1.47. The van der Waals surface area contributed by atoms with E-state index in [0.717, 1.165) is 27.4 Å². The number of hydrogen-bond donors (Lipinski definition) is 2. The minimum absolute atomic E-state index is 0.122. The van der Waals surface area contributed by atoms with E-state index in [2.05, 4.69) is 28.0 Å². The number of nitrogens with one attached hydrogen (secondary N) is 2. The van der Waals surface area contributed by atoms with E-state index in [-0.39, 0.29) is 18.4 Å². The molecule has 1 aromatic heterocycles. The van der Waals surface area contributed by atoms with Crippen LogP contribution in [-0.4, -0.2) is 22.6 Å². The Morgan fingerprint density at radius 1 is 0.897 bits per heavy atom. The summed E-state index contributed by atoms with van der Waals surface area (Å²) < 4.78 is 2.00. The molecule has 4 rings (SSSR count). The number of para-hydroxylation sites is 2. The quantitative estimate of drug-likeness (QED) is 0.404. The van der Waals surface area contributed by atoms with Crippen molar-refractivity contribution in [2.45, 2.75) is 13.5 Å². The Labute approximate surface area is 167 Å². The van der Waals surface area contributed by atoms with Crippen molar-refractivity contribution < 1.29 is 9.59 Å². The summed E-state index contributed by atoms with van der Waals surface area (Å²) in [5, 5.41) is 9.00. The molecule has 0 aliphatic carbocycles. The van der Waals surface area contributed by atoms with Crippen molar-refractivity contribution in [3.8, 4) is 0 Å². The monoisotopic (exact) mass is 384 g/mol. The fraction of sp³-hybridized carbons (Fsp3) is 0.0870. The predicted octanol–water partition coefficient (Wildman–Crippen LogP) is 3.90. The molecule has 6 nitrogen and oxygen atoms in total. The Bertz CT molecular complexity index is 1170. The summed E-state index contributed by atoms with van der Waals surface area (Å²) in [4.78, 5) is 23.5. The van der Waals surface area contributed by atoms with E-state index in [0.29, 0.717) is 5.69 Å². The number of rotatable bonds is 5. The van der Waals surface area contributed by atoms with Gasteiger partial charge in [0.25, 0.3) is 5.91 Å². The zero-order valence-electron chi connectivity index (χ0n) is 15.9. The van der Waals surface area contributed by atoms with Crippen LogP contribution in [0.1, 0.15) is 12.5 Å². The average Bonchev–Trinajstić information content (AvgIpc) is 3.03. The van der Waals surface area contributed by atoms with Crippen LogP contribution in [-0.2, 0) is 16.1 Å². The fourth-order valence-corrected chi connectivity index (χ4v) is 3.39. The van der Waals surface area contributed by atoms with Crippen LogP contribution in [0, 0.1) is 0 Å². The third kappa shape index (κ3) is 4.01. The summed E-state index contributed by atoms with van der Waals surface area (Å²) in [5.74, 6) is -0.327. The molecule has 0 unspecified atom stereocenters. The maximum absolute atomic E-state index is 12.5. The highest BCUT2D eigenvalue weighted by atomic mass is 16.2. The van der Waals surface area contributed by atoms with E-state index < -0.39 is 0 Å². The van der Waals surface area contributed by atoms with Crippen LogP contribution in [0.3, 0.4) is 0 Å². The summed E-state index contributed by atoms with van der Waals surface area (Å²) in [6, 6.07) is 23.3. The maximum atomic E-state index is 12.5. The number of aromatic nitrogens is 1. The Morgan fingerprint density at radius 3 is 2.07 bits per heavy atom. The molecular weight excluding hydrogens is 364 g/mol. The molecule has 2 amide bonds. The number of hydrazone groups is 1. The largest absolute Gasteiger partial charge is 0.331 e. The predicted molar refractivity (Wildman–Crippen MR) is 116 cm³/mol. The number of anilines is 1. The van der Waals surface area contributed by atoms with Crippen LogP contribution in [0.5, 0.6) is 0 Å². The van der Waals surface area contributed by atoms with E-state index in [4.69, 9.17) is 0 Å². The van der Waals surface area contributed by atoms with Crippen molar-refractivity contribution in [3.05, 3.63) is 78.4 Å². The highest BCUT2D eigenvalue weighted by Gasteiger charge is 2.12. The molecule has 0 aliphatic rings. The van der Waals surface area contributed by atoms with E-state index in [1.54, 1.807) is 18.3 Å². The first kappa shape index (κ1) is 18.4. The molecule has 29 heavy (non-hydrogen) atoms. The van der Waals surface area contributed by atoms with Gasteiger partial charge < -0.3 is 9.88 Å². The molecule has 4 aromatic rings. The zero-order chi connectivity index (χ0) is 20.2. The number of carbonyl (C=O) groups excluding carboxylic acids is 2. The number of carbonyl (C=O) groups is 2. The van der Waals surface area contributed by atoms with Gasteiger partial charge in [-0.15, -0.1) is 0 Å². The van der Waals surface area contributed by atoms with Crippen LogP contribution in [0.2, 0.25) is 0 Å². The third-order valence-electron chi connectivity index (χ3n) is 4.62. The minimum atomic E-state index is -0.206. The highest BCUT2D eigenvalue weighted by molar-refractivity contribution is 6.08. The van der Waals surface area contributed by atoms with Crippen LogP contribution < -0.4 is 10.7 Å². The Hall–Kier alpha value is -3.93. The summed E-state index contributed by atoms with van der Waals surface area (Å²) in [7, 11) is 0. The van der Waals surface area contributed by atoms with Gasteiger partial charge in [-0.25, -0.2) is 5.43 Å². The van der Waals surface area contributed by atoms with Crippen LogP contribution >= 0.6 is 0 Å². The summed E-state index contributed by atoms with van der Waals surface area (Å²) in [5.41, 5.74) is 6.14. The molecule has 0 spiro atoms. The van der Waals surface area contributed by atoms with Gasteiger partial charge >= 0.3 is 0 Å². The van der Waals surface area contributed by atoms with Gasteiger partial charge in [0.2, 0.25) is 5.91 Å². The Morgan fingerprint density at radius 2 is 1.48 bits per heavy atom. The second-order valence-electron chi connectivity index (χ2n) is 6.72. The first-order valence-corrected chi connectivity index (χ1v) is 9.27. The van der Waals surface area contributed by atoms with Gasteiger partial charge in [0.05, 0.1) is 6.21 Å². The maximum Gasteiger partial charge on any atom is 0.260 e. The topological polar surface area (TPSA) is 75.5 Å². The van der Waals surface area contributed by atoms with Crippen LogP contribution in [0.15, 0.2) is 77.9 Å². The molecule has 3 aromatic carbocycles. The molecule has 6 heteroatoms. The number of benzene rings is 3. The number of hydrogen-bond acceptors (Lipinski definition) is 3. The summed E-state index contributed by atoms with van der Waals surface area (Å²) in [6.45, 7) is 1.63. The zero-order valence-corrected chi connectivity index (χ0v) is 15.9. The lowest BCUT2D eigenvalue weighted by molar-refractivity contribution is -0.121. The van der Waals surface area contributed by atoms with Gasteiger partial charge in [0, 0.05) is 34.4 Å². The molecule has 0 saturated carbocycles. The SMILES string of the molecule is CC(=O)Nc1ccc(/C=N\NC(=O)Cn2c3ccccc3c3ccccc32)cc1. The van der Waals surface area contributed by atoms with Gasteiger partial charge in [-0.05, 0) is 29.8 Å². The smallest absolute Gasteiger partial charge is 0.260 e. The van der Waals surface area contributed by atoms with Gasteiger partial charge in [-0.1, -0.05) is 48.5 Å². The second-order valence-corrected chi connectivity index (χ2v) is 6.72. The molecule has 0 atom stereocenters. The van der Waals surface area contributed by atoms with E-state index in [1.165, 1.54) is 6.92 Å². The van der Waals surface area contributed by atoms with Crippen molar-refractivity contribution in [3.63, 3.8) is 0 Å². The first-order valence-electron chi connectivity index (χ1n) is 9.27. The van der Waals surface area contributed by atoms with Crippen molar-refractivity contribution in [1.82, 2.24) is 9.99 Å². The molecular formula is C23H20N4O2. The molecule has 0 fully saturated rings. The second kappa shape index (κ2) is 7.98. The fourth-order valence-electron chi connectivity index (χ4n) is 3.39. The lowest BCUT2D eigenvalue weighted by Gasteiger charge is -2.06. The minimum Gasteiger partial charge on any atom is -0.331 e. The molecule has 0 bridgehead atoms. The number of amides is 2. The van der Waals surface area contributed by atoms with Crippen molar-refractivity contribution in [2.24, 2.45) is 5.10 Å². The first-order chi connectivity index (χ1) is 14.1. The lowest BCUT2D eigenvalue weighted by Crippen LogP contribution is -2.23. The number of nitrogens with zero attached hydrogens (tertiary/aromatic N) is 2. The van der Waals surface area contributed by atoms with Gasteiger partial charge in [-0.3, -0.25) is 9.59 Å². The molecule has 1 heterocycles. The number of fused-ring (bicyclic) bond motifs is 3. The van der Waals surface area contributed by atoms with Crippen molar-refractivity contribution in [2.75, 3.05) is 5.32 Å². The summed E-state index contributed by atoms with van der Waals surface area (Å²) in [6.07, 6.45) is 1.57. The van der Waals surface area contributed by atoms with Crippen LogP contribution in [0.4, 0.5) is 5.69 Å². The lowest BCUT2D eigenvalue weighted by atomic mass is 10.2. The van der Waals surface area contributed by atoms with Crippen molar-refractivity contribution >= 4 is 45.5 Å². The van der Waals surface area contributed by atoms with E-state index in [1.807, 2.05) is 53.1 Å². The highest BCUT2D eigenvalue weighted by Crippen LogP contribution is 2.28. The Kier molecular flexibility index (Phi) is 5.07. The molecule has 0 saturated heterocycles. The molecule has 144 valence electrons. The summed E-state index contributed by atoms with van der Waals surface area (Å²) >= 11 is 0. The molecule has 0 radical (unpaired) electrons. The molecule has 2 N–H and O–H groups in total. The van der Waals surface area contributed by atoms with Gasteiger partial charge in [0.1, 0.15) is 6.54 Å². The van der Waals surface area contributed by atoms with Crippen molar-refractivity contribution in [1.29, 1.82) is 0 Å². The van der Waals surface area contributed by atoms with Gasteiger partial charge in [-0.2, -0.15) is 5.10 Å². The average molecular weight is 384 g/mol.